The number of sulfonamides is 1. The van der Waals surface area contributed by atoms with Crippen LogP contribution in [-0.4, -0.2) is 38.0 Å². The molecule has 1 fully saturated rings. The van der Waals surface area contributed by atoms with Gasteiger partial charge in [-0.1, -0.05) is 15.9 Å². The van der Waals surface area contributed by atoms with Gasteiger partial charge >= 0.3 is 0 Å². The molecule has 2 rings (SSSR count). The third kappa shape index (κ3) is 2.79. The molecule has 19 heavy (non-hydrogen) atoms. The Morgan fingerprint density at radius 1 is 1.42 bits per heavy atom. The quantitative estimate of drug-likeness (QED) is 0.827. The summed E-state index contributed by atoms with van der Waals surface area (Å²) < 4.78 is 33.0. The number of halogens is 1. The lowest BCUT2D eigenvalue weighted by Gasteiger charge is -2.40. The lowest BCUT2D eigenvalue weighted by atomic mass is 10.1. The van der Waals surface area contributed by atoms with Crippen LogP contribution in [0.4, 0.5) is 5.69 Å². The number of nitrogen functional groups attached to an aromatic ring is 1. The van der Waals surface area contributed by atoms with Crippen molar-refractivity contribution in [2.45, 2.75) is 24.3 Å². The number of ether oxygens (including phenoxy) is 1. The van der Waals surface area contributed by atoms with E-state index in [-0.39, 0.29) is 10.6 Å². The zero-order valence-electron chi connectivity index (χ0n) is 10.9. The number of nitrogens with zero attached hydrogens (tertiary/aromatic N) is 1. The number of morpholine rings is 1. The maximum absolute atomic E-state index is 12.7. The monoisotopic (exact) mass is 348 g/mol. The van der Waals surface area contributed by atoms with E-state index in [4.69, 9.17) is 10.5 Å². The highest BCUT2D eigenvalue weighted by Crippen LogP contribution is 2.31. The summed E-state index contributed by atoms with van der Waals surface area (Å²) >= 11 is 3.27. The number of nitrogens with two attached hydrogens (primary N) is 1. The maximum Gasteiger partial charge on any atom is 0.245 e. The zero-order chi connectivity index (χ0) is 14.3. The van der Waals surface area contributed by atoms with E-state index in [1.54, 1.807) is 12.1 Å². The average Bonchev–Trinajstić information content (AvgIpc) is 2.27. The van der Waals surface area contributed by atoms with Crippen molar-refractivity contribution in [1.82, 2.24) is 4.31 Å². The zero-order valence-corrected chi connectivity index (χ0v) is 13.3. The van der Waals surface area contributed by atoms with Gasteiger partial charge in [-0.25, -0.2) is 8.42 Å². The summed E-state index contributed by atoms with van der Waals surface area (Å²) in [4.78, 5) is 0.144. The number of benzene rings is 1. The second kappa shape index (κ2) is 5.05. The molecule has 0 aliphatic carbocycles. The highest BCUT2D eigenvalue weighted by Gasteiger charge is 2.40. The number of hydrogen-bond acceptors (Lipinski definition) is 4. The molecule has 1 aromatic rings. The van der Waals surface area contributed by atoms with Gasteiger partial charge in [-0.3, -0.25) is 0 Å². The molecule has 0 bridgehead atoms. The Kier molecular flexibility index (Phi) is 3.92. The van der Waals surface area contributed by atoms with Gasteiger partial charge in [-0.05, 0) is 32.0 Å². The van der Waals surface area contributed by atoms with Gasteiger partial charge < -0.3 is 10.5 Å². The molecule has 7 heteroatoms. The van der Waals surface area contributed by atoms with E-state index in [1.807, 2.05) is 13.8 Å². The lowest BCUT2D eigenvalue weighted by Crippen LogP contribution is -2.55. The number of anilines is 1. The van der Waals surface area contributed by atoms with E-state index in [0.717, 1.165) is 4.47 Å². The van der Waals surface area contributed by atoms with E-state index in [0.29, 0.717) is 19.8 Å². The fraction of sp³-hybridized carbons (Fsp3) is 0.500. The summed E-state index contributed by atoms with van der Waals surface area (Å²) in [7, 11) is -3.61. The van der Waals surface area contributed by atoms with Crippen LogP contribution in [0.25, 0.3) is 0 Å². The minimum Gasteiger partial charge on any atom is -0.398 e. The molecule has 2 N–H and O–H groups in total. The van der Waals surface area contributed by atoms with Gasteiger partial charge in [-0.2, -0.15) is 4.31 Å². The van der Waals surface area contributed by atoms with E-state index in [1.165, 1.54) is 10.4 Å². The lowest BCUT2D eigenvalue weighted by molar-refractivity contribution is -0.00768. The van der Waals surface area contributed by atoms with Gasteiger partial charge in [-0.15, -0.1) is 0 Å². The summed E-state index contributed by atoms with van der Waals surface area (Å²) in [5, 5.41) is 0. The maximum atomic E-state index is 12.7. The van der Waals surface area contributed by atoms with Gasteiger partial charge in [0.05, 0.1) is 24.4 Å². The first-order chi connectivity index (χ1) is 8.75. The fourth-order valence-corrected chi connectivity index (χ4v) is 4.39. The highest BCUT2D eigenvalue weighted by molar-refractivity contribution is 9.10. The molecule has 0 unspecified atom stereocenters. The number of hydrogen-bond donors (Lipinski definition) is 1. The largest absolute Gasteiger partial charge is 0.398 e. The first kappa shape index (κ1) is 14.8. The molecule has 1 saturated heterocycles. The Morgan fingerprint density at radius 2 is 2.11 bits per heavy atom. The van der Waals surface area contributed by atoms with Crippen LogP contribution in [0, 0.1) is 0 Å². The Labute approximate surface area is 121 Å². The van der Waals surface area contributed by atoms with Gasteiger partial charge in [0.1, 0.15) is 4.90 Å². The summed E-state index contributed by atoms with van der Waals surface area (Å²) in [6.07, 6.45) is 0. The van der Waals surface area contributed by atoms with Crippen LogP contribution < -0.4 is 5.73 Å². The van der Waals surface area contributed by atoms with Crippen LogP contribution in [0.5, 0.6) is 0 Å². The van der Waals surface area contributed by atoms with Crippen LogP contribution in [0.15, 0.2) is 27.6 Å². The minimum absolute atomic E-state index is 0.144. The van der Waals surface area contributed by atoms with Crippen molar-refractivity contribution in [3.8, 4) is 0 Å². The molecule has 5 nitrogen and oxygen atoms in total. The summed E-state index contributed by atoms with van der Waals surface area (Å²) in [5.41, 5.74) is 5.51. The summed E-state index contributed by atoms with van der Waals surface area (Å²) in [6, 6.07) is 4.80. The van der Waals surface area contributed by atoms with Gasteiger partial charge in [0.15, 0.2) is 0 Å². The number of rotatable bonds is 2. The van der Waals surface area contributed by atoms with Crippen molar-refractivity contribution in [3.63, 3.8) is 0 Å². The molecular formula is C12H17BrN2O3S. The smallest absolute Gasteiger partial charge is 0.245 e. The van der Waals surface area contributed by atoms with Crippen molar-refractivity contribution >= 4 is 31.6 Å². The van der Waals surface area contributed by atoms with Gasteiger partial charge in [0.25, 0.3) is 0 Å². The average molecular weight is 349 g/mol. The van der Waals surface area contributed by atoms with Crippen molar-refractivity contribution in [2.24, 2.45) is 0 Å². The molecule has 1 aliphatic rings. The van der Waals surface area contributed by atoms with Gasteiger partial charge in [0, 0.05) is 11.0 Å². The van der Waals surface area contributed by atoms with Gasteiger partial charge in [0.2, 0.25) is 10.0 Å². The Bertz CT molecular complexity index is 587. The normalized spacial score (nSPS) is 20.4. The third-order valence-corrected chi connectivity index (χ3v) is 5.79. The molecule has 0 saturated carbocycles. The van der Waals surface area contributed by atoms with Crippen LogP contribution in [0.3, 0.4) is 0 Å². The standard InChI is InChI=1S/C12H17BrN2O3S/c1-12(2)8-18-6-5-15(12)19(16,17)11-4-3-9(13)7-10(11)14/h3-4,7H,5-6,8,14H2,1-2H3. The van der Waals surface area contributed by atoms with E-state index >= 15 is 0 Å². The molecule has 0 aromatic heterocycles. The molecule has 1 heterocycles. The molecule has 106 valence electrons. The molecule has 1 aromatic carbocycles. The topological polar surface area (TPSA) is 72.6 Å². The first-order valence-corrected chi connectivity index (χ1v) is 8.14. The van der Waals surface area contributed by atoms with Crippen LogP contribution in [-0.2, 0) is 14.8 Å². The van der Waals surface area contributed by atoms with Crippen LogP contribution in [0.2, 0.25) is 0 Å². The Morgan fingerprint density at radius 3 is 2.68 bits per heavy atom. The Hall–Kier alpha value is -0.630. The molecule has 0 atom stereocenters. The fourth-order valence-electron chi connectivity index (χ4n) is 2.16. The first-order valence-electron chi connectivity index (χ1n) is 5.91. The SMILES string of the molecule is CC1(C)COCCN1S(=O)(=O)c1ccc(Br)cc1N. The van der Waals surface area contributed by atoms with Crippen molar-refractivity contribution < 1.29 is 13.2 Å². The van der Waals surface area contributed by atoms with E-state index in [9.17, 15) is 8.42 Å². The molecule has 1 aliphatic heterocycles. The third-order valence-electron chi connectivity index (χ3n) is 3.11. The Balaban J connectivity index is 2.47. The summed E-state index contributed by atoms with van der Waals surface area (Å²) in [6.45, 7) is 4.81. The molecule has 0 radical (unpaired) electrons. The minimum atomic E-state index is -3.61. The van der Waals surface area contributed by atoms with E-state index in [2.05, 4.69) is 15.9 Å². The van der Waals surface area contributed by atoms with E-state index < -0.39 is 15.6 Å². The van der Waals surface area contributed by atoms with Crippen LogP contribution in [0.1, 0.15) is 13.8 Å². The predicted molar refractivity (Wildman–Crippen MR) is 77.3 cm³/mol. The highest BCUT2D eigenvalue weighted by atomic mass is 79.9. The molecule has 0 amide bonds. The molecule has 0 spiro atoms. The summed E-state index contributed by atoms with van der Waals surface area (Å²) in [5.74, 6) is 0. The van der Waals surface area contributed by atoms with Crippen LogP contribution >= 0.6 is 15.9 Å². The second-order valence-electron chi connectivity index (χ2n) is 5.12. The predicted octanol–water partition coefficient (Wildman–Crippen LogP) is 1.83. The molecular weight excluding hydrogens is 332 g/mol. The second-order valence-corrected chi connectivity index (χ2v) is 7.87. The van der Waals surface area contributed by atoms with Crippen molar-refractivity contribution in [3.05, 3.63) is 22.7 Å². The van der Waals surface area contributed by atoms with Crippen molar-refractivity contribution in [2.75, 3.05) is 25.5 Å². The van der Waals surface area contributed by atoms with Crippen molar-refractivity contribution in [1.29, 1.82) is 0 Å².